The Bertz CT molecular complexity index is 1040. The van der Waals surface area contributed by atoms with Crippen LogP contribution in [-0.2, 0) is 27.3 Å². The predicted octanol–water partition coefficient (Wildman–Crippen LogP) is 3.40. The Labute approximate surface area is 176 Å². The minimum atomic E-state index is -0.779. The Morgan fingerprint density at radius 3 is 2.57 bits per heavy atom. The molecule has 1 aromatic heterocycles. The van der Waals surface area contributed by atoms with Crippen LogP contribution in [0.5, 0.6) is 0 Å². The Kier molecular flexibility index (Phi) is 6.90. The van der Waals surface area contributed by atoms with E-state index in [1.807, 2.05) is 43.3 Å². The molecule has 0 aliphatic heterocycles. The molecule has 0 aliphatic carbocycles. The highest BCUT2D eigenvalue weighted by molar-refractivity contribution is 5.90. The standard InChI is InChI=1S/C24H28N2O4/c1-3-30-24(29)12-11-22(27)18-9-10-19-20(14-23(25)28)16(2)26(21(19)13-18)15-17-7-5-4-6-8-17/h4-10,13,22,27H,3,11-12,14-15H2,1-2H3,(H2,25,28). The van der Waals surface area contributed by atoms with E-state index in [2.05, 4.69) is 16.7 Å². The van der Waals surface area contributed by atoms with Crippen molar-refractivity contribution < 1.29 is 19.4 Å². The van der Waals surface area contributed by atoms with Gasteiger partial charge >= 0.3 is 5.97 Å². The van der Waals surface area contributed by atoms with Gasteiger partial charge in [0.15, 0.2) is 0 Å². The number of amides is 1. The number of aliphatic hydroxyl groups is 1. The fourth-order valence-electron chi connectivity index (χ4n) is 3.79. The highest BCUT2D eigenvalue weighted by Gasteiger charge is 2.18. The smallest absolute Gasteiger partial charge is 0.305 e. The third kappa shape index (κ3) is 4.89. The van der Waals surface area contributed by atoms with Crippen LogP contribution in [0, 0.1) is 6.92 Å². The number of nitrogens with two attached hydrogens (primary N) is 1. The van der Waals surface area contributed by atoms with Gasteiger partial charge in [-0.3, -0.25) is 9.59 Å². The van der Waals surface area contributed by atoms with Gasteiger partial charge in [-0.15, -0.1) is 0 Å². The summed E-state index contributed by atoms with van der Waals surface area (Å²) in [5.74, 6) is -0.694. The molecule has 1 heterocycles. The van der Waals surface area contributed by atoms with Crippen LogP contribution in [0.25, 0.3) is 10.9 Å². The monoisotopic (exact) mass is 408 g/mol. The Balaban J connectivity index is 1.98. The van der Waals surface area contributed by atoms with Crippen LogP contribution in [0.15, 0.2) is 48.5 Å². The lowest BCUT2D eigenvalue weighted by atomic mass is 10.0. The molecule has 6 nitrogen and oxygen atoms in total. The molecule has 6 heteroatoms. The van der Waals surface area contributed by atoms with Crippen molar-refractivity contribution in [3.8, 4) is 0 Å². The molecule has 0 fully saturated rings. The quantitative estimate of drug-likeness (QED) is 0.531. The molecule has 158 valence electrons. The molecule has 0 saturated heterocycles. The molecule has 2 aromatic carbocycles. The van der Waals surface area contributed by atoms with E-state index < -0.39 is 6.10 Å². The maximum absolute atomic E-state index is 11.6. The minimum absolute atomic E-state index is 0.157. The van der Waals surface area contributed by atoms with E-state index in [-0.39, 0.29) is 31.1 Å². The molecule has 0 bridgehead atoms. The summed E-state index contributed by atoms with van der Waals surface area (Å²) in [5, 5.41) is 11.6. The van der Waals surface area contributed by atoms with Crippen molar-refractivity contribution >= 4 is 22.8 Å². The summed E-state index contributed by atoms with van der Waals surface area (Å²) >= 11 is 0. The number of primary amides is 1. The van der Waals surface area contributed by atoms with Crippen LogP contribution in [0.2, 0.25) is 0 Å². The SMILES string of the molecule is CCOC(=O)CCC(O)c1ccc2c(CC(N)=O)c(C)n(Cc3ccccc3)c2c1. The fourth-order valence-corrected chi connectivity index (χ4v) is 3.79. The number of rotatable bonds is 9. The lowest BCUT2D eigenvalue weighted by molar-refractivity contribution is -0.143. The molecular weight excluding hydrogens is 380 g/mol. The van der Waals surface area contributed by atoms with E-state index in [9.17, 15) is 14.7 Å². The molecule has 3 aromatic rings. The highest BCUT2D eigenvalue weighted by Crippen LogP contribution is 2.31. The van der Waals surface area contributed by atoms with Gasteiger partial charge in [0, 0.05) is 29.6 Å². The van der Waals surface area contributed by atoms with Crippen molar-refractivity contribution in [2.24, 2.45) is 5.73 Å². The lowest BCUT2D eigenvalue weighted by Gasteiger charge is -2.13. The third-order valence-corrected chi connectivity index (χ3v) is 5.33. The summed E-state index contributed by atoms with van der Waals surface area (Å²) in [6.07, 6.45) is -0.172. The maximum Gasteiger partial charge on any atom is 0.305 e. The summed E-state index contributed by atoms with van der Waals surface area (Å²) in [5.41, 5.74) is 10.2. The number of hydrogen-bond acceptors (Lipinski definition) is 4. The molecule has 0 spiro atoms. The van der Waals surface area contributed by atoms with Gasteiger partial charge in [-0.1, -0.05) is 42.5 Å². The number of hydrogen-bond donors (Lipinski definition) is 2. The van der Waals surface area contributed by atoms with Gasteiger partial charge in [-0.25, -0.2) is 0 Å². The van der Waals surface area contributed by atoms with E-state index in [1.54, 1.807) is 6.92 Å². The highest BCUT2D eigenvalue weighted by atomic mass is 16.5. The van der Waals surface area contributed by atoms with Gasteiger partial charge in [0.25, 0.3) is 0 Å². The van der Waals surface area contributed by atoms with E-state index in [1.165, 1.54) is 0 Å². The molecule has 30 heavy (non-hydrogen) atoms. The average molecular weight is 408 g/mol. The third-order valence-electron chi connectivity index (χ3n) is 5.33. The van der Waals surface area contributed by atoms with Crippen LogP contribution >= 0.6 is 0 Å². The Morgan fingerprint density at radius 2 is 1.90 bits per heavy atom. The average Bonchev–Trinajstić information content (AvgIpc) is 2.98. The number of carbonyl (C=O) groups is 2. The summed E-state index contributed by atoms with van der Waals surface area (Å²) in [6.45, 7) is 4.72. The van der Waals surface area contributed by atoms with E-state index in [0.29, 0.717) is 13.2 Å². The van der Waals surface area contributed by atoms with Crippen molar-refractivity contribution in [3.05, 3.63) is 70.9 Å². The number of aromatic nitrogens is 1. The second-order valence-corrected chi connectivity index (χ2v) is 7.41. The molecule has 3 rings (SSSR count). The van der Waals surface area contributed by atoms with E-state index >= 15 is 0 Å². The van der Waals surface area contributed by atoms with Crippen LogP contribution in [0.3, 0.4) is 0 Å². The Hall–Kier alpha value is -3.12. The molecule has 1 atom stereocenters. The van der Waals surface area contributed by atoms with Gasteiger partial charge in [0.05, 0.1) is 19.1 Å². The summed E-state index contributed by atoms with van der Waals surface area (Å²) < 4.78 is 7.09. The zero-order valence-corrected chi connectivity index (χ0v) is 17.4. The van der Waals surface area contributed by atoms with Gasteiger partial charge in [-0.05, 0) is 43.0 Å². The van der Waals surface area contributed by atoms with Crippen LogP contribution < -0.4 is 5.73 Å². The van der Waals surface area contributed by atoms with Crippen molar-refractivity contribution in [3.63, 3.8) is 0 Å². The van der Waals surface area contributed by atoms with Crippen molar-refractivity contribution in [2.75, 3.05) is 6.61 Å². The maximum atomic E-state index is 11.6. The van der Waals surface area contributed by atoms with E-state index in [4.69, 9.17) is 10.5 Å². The van der Waals surface area contributed by atoms with Crippen molar-refractivity contribution in [2.45, 2.75) is 45.8 Å². The number of esters is 1. The zero-order valence-electron chi connectivity index (χ0n) is 17.4. The van der Waals surface area contributed by atoms with Crippen LogP contribution in [0.4, 0.5) is 0 Å². The zero-order chi connectivity index (χ0) is 21.7. The topological polar surface area (TPSA) is 94.6 Å². The predicted molar refractivity (Wildman–Crippen MR) is 116 cm³/mol. The molecular formula is C24H28N2O4. The first-order valence-electron chi connectivity index (χ1n) is 10.2. The molecule has 1 amide bonds. The second kappa shape index (κ2) is 9.59. The van der Waals surface area contributed by atoms with Crippen molar-refractivity contribution in [1.82, 2.24) is 4.57 Å². The lowest BCUT2D eigenvalue weighted by Crippen LogP contribution is -2.14. The largest absolute Gasteiger partial charge is 0.466 e. The molecule has 0 radical (unpaired) electrons. The van der Waals surface area contributed by atoms with Gasteiger partial charge in [-0.2, -0.15) is 0 Å². The molecule has 0 aliphatic rings. The fraction of sp³-hybridized carbons (Fsp3) is 0.333. The number of aliphatic hydroxyl groups excluding tert-OH is 1. The first-order chi connectivity index (χ1) is 14.4. The first-order valence-corrected chi connectivity index (χ1v) is 10.2. The normalized spacial score (nSPS) is 12.1. The van der Waals surface area contributed by atoms with Gasteiger partial charge in [0.2, 0.25) is 5.91 Å². The molecule has 3 N–H and O–H groups in total. The summed E-state index contributed by atoms with van der Waals surface area (Å²) in [7, 11) is 0. The summed E-state index contributed by atoms with van der Waals surface area (Å²) in [4.78, 5) is 23.3. The Morgan fingerprint density at radius 1 is 1.17 bits per heavy atom. The van der Waals surface area contributed by atoms with Gasteiger partial charge < -0.3 is 20.1 Å². The van der Waals surface area contributed by atoms with Gasteiger partial charge in [0.1, 0.15) is 0 Å². The number of benzene rings is 2. The molecule has 0 saturated carbocycles. The number of nitrogens with zero attached hydrogens (tertiary/aromatic N) is 1. The number of ether oxygens (including phenoxy) is 1. The molecule has 1 unspecified atom stereocenters. The van der Waals surface area contributed by atoms with Crippen molar-refractivity contribution in [1.29, 1.82) is 0 Å². The second-order valence-electron chi connectivity index (χ2n) is 7.41. The number of carbonyl (C=O) groups excluding carboxylic acids is 2. The first kappa shape index (κ1) is 21.6. The summed E-state index contributed by atoms with van der Waals surface area (Å²) in [6, 6.07) is 15.8. The van der Waals surface area contributed by atoms with Crippen LogP contribution in [-0.4, -0.2) is 28.2 Å². The van der Waals surface area contributed by atoms with E-state index in [0.717, 1.165) is 33.3 Å². The number of fused-ring (bicyclic) bond motifs is 1. The minimum Gasteiger partial charge on any atom is -0.466 e. The van der Waals surface area contributed by atoms with Crippen LogP contribution in [0.1, 0.15) is 48.3 Å².